The lowest BCUT2D eigenvalue weighted by Crippen LogP contribution is -2.11. The number of anilines is 3. The van der Waals surface area contributed by atoms with E-state index in [1.54, 1.807) is 0 Å². The van der Waals surface area contributed by atoms with Gasteiger partial charge in [0.15, 0.2) is 0 Å². The van der Waals surface area contributed by atoms with Gasteiger partial charge >= 0.3 is 0 Å². The lowest BCUT2D eigenvalue weighted by molar-refractivity contribution is 1.18. The molecule has 0 atom stereocenters. The van der Waals surface area contributed by atoms with E-state index in [1.807, 2.05) is 11.3 Å². The molecule has 0 amide bonds. The normalized spacial score (nSPS) is 11.7. The number of fused-ring (bicyclic) bond motifs is 9. The number of rotatable bonds is 8. The Balaban J connectivity index is 0.913. The molecule has 0 N–H and O–H groups in total. The fraction of sp³-hybridized carbons (Fsp3) is 0. The summed E-state index contributed by atoms with van der Waals surface area (Å²) in [5, 5.41) is 10.2. The van der Waals surface area contributed by atoms with Crippen molar-refractivity contribution in [1.82, 2.24) is 4.57 Å². The smallest absolute Gasteiger partial charge is 0.0541 e. The number of para-hydroxylation sites is 3. The summed E-state index contributed by atoms with van der Waals surface area (Å²) in [5.74, 6) is 0. The Labute approximate surface area is 416 Å². The maximum atomic E-state index is 2.43. The average Bonchev–Trinajstić information content (AvgIpc) is 3.99. The number of hydrogen-bond acceptors (Lipinski definition) is 2. The second kappa shape index (κ2) is 16.9. The molecule has 12 aromatic carbocycles. The van der Waals surface area contributed by atoms with Crippen molar-refractivity contribution in [3.8, 4) is 50.2 Å². The SMILES string of the molecule is c1ccc(-c2cc(-c3cccc4ccccc34)ccc2N(c2ccc(-c3ccc4c(c3)sc3c5ccccc5ccc43)cc2)c2ccc(-c3ccccc3-n3c4ccccc4c4ccccc43)cc2)cc1. The topological polar surface area (TPSA) is 8.17 Å². The van der Waals surface area contributed by atoms with Gasteiger partial charge in [0, 0.05) is 53.4 Å². The van der Waals surface area contributed by atoms with Crippen LogP contribution in [0.5, 0.6) is 0 Å². The molecule has 0 aliphatic rings. The molecule has 0 saturated heterocycles. The van der Waals surface area contributed by atoms with Crippen LogP contribution in [0.1, 0.15) is 0 Å². The largest absolute Gasteiger partial charge is 0.310 e. The van der Waals surface area contributed by atoms with E-state index in [0.717, 1.165) is 39.4 Å². The van der Waals surface area contributed by atoms with Crippen molar-refractivity contribution in [2.75, 3.05) is 4.90 Å². The molecule has 0 spiro atoms. The molecule has 3 heteroatoms. The standard InChI is InChI=1S/C68H44N2S/c1-2-15-47(16-3-1)62-43-51(55-25-14-19-46-17-4-6-20-54(46)55)35-42-66(62)69(52-36-29-45(30-37-52)50-34-40-60-61-41-33-48-18-5-7-22-57(48)68(61)71-67(60)44-50)53-38-31-49(32-39-53)56-21-8-11-26-63(56)70-64-27-12-9-23-58(64)59-24-10-13-28-65(59)70/h1-44H. The Morgan fingerprint density at radius 1 is 0.296 bits per heavy atom. The quantitative estimate of drug-likeness (QED) is 0.147. The van der Waals surface area contributed by atoms with Crippen molar-refractivity contribution < 1.29 is 0 Å². The summed E-state index contributed by atoms with van der Waals surface area (Å²) >= 11 is 1.89. The highest BCUT2D eigenvalue weighted by atomic mass is 32.1. The molecule has 0 aliphatic heterocycles. The molecule has 332 valence electrons. The van der Waals surface area contributed by atoms with Crippen LogP contribution < -0.4 is 4.90 Å². The zero-order chi connectivity index (χ0) is 46.8. The van der Waals surface area contributed by atoms with E-state index in [1.165, 1.54) is 91.3 Å². The van der Waals surface area contributed by atoms with E-state index in [-0.39, 0.29) is 0 Å². The minimum absolute atomic E-state index is 1.07. The molecule has 0 saturated carbocycles. The summed E-state index contributed by atoms with van der Waals surface area (Å²) < 4.78 is 5.08. The second-order valence-corrected chi connectivity index (χ2v) is 19.5. The Hall–Kier alpha value is -9.02. The van der Waals surface area contributed by atoms with Gasteiger partial charge in [-0.05, 0) is 116 Å². The first kappa shape index (κ1) is 41.0. The highest BCUT2D eigenvalue weighted by molar-refractivity contribution is 7.26. The third kappa shape index (κ3) is 6.93. The van der Waals surface area contributed by atoms with E-state index < -0.39 is 0 Å². The van der Waals surface area contributed by atoms with Crippen LogP contribution in [0.3, 0.4) is 0 Å². The fourth-order valence-electron chi connectivity index (χ4n) is 11.0. The molecule has 0 radical (unpaired) electrons. The van der Waals surface area contributed by atoms with Gasteiger partial charge in [-0.3, -0.25) is 0 Å². The Kier molecular flexibility index (Phi) is 9.75. The van der Waals surface area contributed by atoms with Gasteiger partial charge in [0.1, 0.15) is 0 Å². The molecule has 2 heterocycles. The molecular weight excluding hydrogens is 877 g/mol. The molecular formula is C68H44N2S. The fourth-order valence-corrected chi connectivity index (χ4v) is 12.3. The Bertz CT molecular complexity index is 4270. The van der Waals surface area contributed by atoms with Crippen LogP contribution in [0.4, 0.5) is 17.1 Å². The first-order chi connectivity index (χ1) is 35.2. The van der Waals surface area contributed by atoms with Crippen LogP contribution in [0.2, 0.25) is 0 Å². The first-order valence-electron chi connectivity index (χ1n) is 24.3. The highest BCUT2D eigenvalue weighted by Crippen LogP contribution is 2.46. The zero-order valence-electron chi connectivity index (χ0n) is 38.7. The molecule has 0 bridgehead atoms. The number of nitrogens with zero attached hydrogens (tertiary/aromatic N) is 2. The molecule has 0 unspecified atom stereocenters. The number of aromatic nitrogens is 1. The van der Waals surface area contributed by atoms with E-state index in [2.05, 4.69) is 276 Å². The third-order valence-corrected chi connectivity index (χ3v) is 15.6. The van der Waals surface area contributed by atoms with E-state index in [4.69, 9.17) is 0 Å². The van der Waals surface area contributed by atoms with Gasteiger partial charge in [0.2, 0.25) is 0 Å². The van der Waals surface area contributed by atoms with Gasteiger partial charge in [0.05, 0.1) is 22.4 Å². The van der Waals surface area contributed by atoms with Crippen LogP contribution in [0.25, 0.3) is 114 Å². The van der Waals surface area contributed by atoms with Crippen molar-refractivity contribution in [2.24, 2.45) is 0 Å². The zero-order valence-corrected chi connectivity index (χ0v) is 39.5. The Morgan fingerprint density at radius 3 is 1.58 bits per heavy atom. The molecule has 2 aromatic heterocycles. The van der Waals surface area contributed by atoms with Gasteiger partial charge in [0.25, 0.3) is 0 Å². The average molecular weight is 921 g/mol. The molecule has 14 rings (SSSR count). The highest BCUT2D eigenvalue weighted by Gasteiger charge is 2.21. The maximum absolute atomic E-state index is 2.43. The summed E-state index contributed by atoms with van der Waals surface area (Å²) in [5.41, 5.74) is 16.3. The van der Waals surface area contributed by atoms with Gasteiger partial charge in [-0.2, -0.15) is 0 Å². The van der Waals surface area contributed by atoms with Crippen LogP contribution >= 0.6 is 11.3 Å². The van der Waals surface area contributed by atoms with Gasteiger partial charge < -0.3 is 9.47 Å². The van der Waals surface area contributed by atoms with Crippen LogP contribution in [-0.2, 0) is 0 Å². The lowest BCUT2D eigenvalue weighted by Gasteiger charge is -2.29. The summed E-state index contributed by atoms with van der Waals surface area (Å²) in [7, 11) is 0. The summed E-state index contributed by atoms with van der Waals surface area (Å²) in [4.78, 5) is 2.43. The number of hydrogen-bond donors (Lipinski definition) is 0. The summed E-state index contributed by atoms with van der Waals surface area (Å²) in [6, 6.07) is 98.0. The van der Waals surface area contributed by atoms with Gasteiger partial charge in [-0.1, -0.05) is 206 Å². The van der Waals surface area contributed by atoms with Gasteiger partial charge in [-0.25, -0.2) is 0 Å². The molecule has 14 aromatic rings. The third-order valence-electron chi connectivity index (χ3n) is 14.4. The van der Waals surface area contributed by atoms with E-state index in [9.17, 15) is 0 Å². The molecule has 71 heavy (non-hydrogen) atoms. The monoisotopic (exact) mass is 920 g/mol. The van der Waals surface area contributed by atoms with Crippen molar-refractivity contribution in [3.05, 3.63) is 267 Å². The predicted molar refractivity (Wildman–Crippen MR) is 305 cm³/mol. The van der Waals surface area contributed by atoms with Crippen LogP contribution in [-0.4, -0.2) is 4.57 Å². The van der Waals surface area contributed by atoms with Crippen molar-refractivity contribution in [2.45, 2.75) is 0 Å². The minimum Gasteiger partial charge on any atom is -0.310 e. The van der Waals surface area contributed by atoms with E-state index in [0.29, 0.717) is 0 Å². The van der Waals surface area contributed by atoms with Crippen molar-refractivity contribution in [1.29, 1.82) is 0 Å². The lowest BCUT2D eigenvalue weighted by atomic mass is 9.93. The van der Waals surface area contributed by atoms with Crippen LogP contribution in [0.15, 0.2) is 267 Å². The van der Waals surface area contributed by atoms with Crippen molar-refractivity contribution >= 4 is 91.9 Å². The predicted octanol–water partition coefficient (Wildman–Crippen LogP) is 19.6. The molecule has 2 nitrogen and oxygen atoms in total. The second-order valence-electron chi connectivity index (χ2n) is 18.4. The van der Waals surface area contributed by atoms with Crippen LogP contribution in [0, 0.1) is 0 Å². The Morgan fingerprint density at radius 2 is 0.831 bits per heavy atom. The first-order valence-corrected chi connectivity index (χ1v) is 25.1. The number of benzene rings is 12. The molecule has 0 aliphatic carbocycles. The number of thiophene rings is 1. The summed E-state index contributed by atoms with van der Waals surface area (Å²) in [6.07, 6.45) is 0. The van der Waals surface area contributed by atoms with Gasteiger partial charge in [-0.15, -0.1) is 11.3 Å². The molecule has 0 fully saturated rings. The van der Waals surface area contributed by atoms with E-state index >= 15 is 0 Å². The summed E-state index contributed by atoms with van der Waals surface area (Å²) in [6.45, 7) is 0. The maximum Gasteiger partial charge on any atom is 0.0541 e. The van der Waals surface area contributed by atoms with Crippen molar-refractivity contribution in [3.63, 3.8) is 0 Å². The minimum atomic E-state index is 1.07.